The molecule has 3 nitrogen and oxygen atoms in total. The minimum Gasteiger partial charge on any atom is -0.382 e. The molecule has 1 aromatic heterocycles. The molecule has 3 heteroatoms. The van der Waals surface area contributed by atoms with E-state index < -0.39 is 0 Å². The Morgan fingerprint density at radius 1 is 1.36 bits per heavy atom. The van der Waals surface area contributed by atoms with Crippen LogP contribution in [0.5, 0.6) is 0 Å². The molecule has 1 aliphatic rings. The summed E-state index contributed by atoms with van der Waals surface area (Å²) in [6, 6.07) is 1.99. The van der Waals surface area contributed by atoms with Gasteiger partial charge in [-0.3, -0.25) is 4.68 Å². The summed E-state index contributed by atoms with van der Waals surface area (Å²) in [5.41, 5.74) is 6.88. The summed E-state index contributed by atoms with van der Waals surface area (Å²) in [7, 11) is 0. The van der Waals surface area contributed by atoms with Crippen LogP contribution in [0.1, 0.15) is 25.0 Å². The molecule has 0 spiro atoms. The number of hydrogen-bond acceptors (Lipinski definition) is 2. The van der Waals surface area contributed by atoms with E-state index in [4.69, 9.17) is 5.73 Å². The van der Waals surface area contributed by atoms with Crippen LogP contribution in [0, 0.1) is 0 Å². The Morgan fingerprint density at radius 2 is 2.27 bits per heavy atom. The SMILES string of the molecule is Nc1cc2n(n1)CCCCC2. The lowest BCUT2D eigenvalue weighted by Gasteiger charge is -1.98. The highest BCUT2D eigenvalue weighted by Crippen LogP contribution is 2.15. The molecule has 2 N–H and O–H groups in total. The summed E-state index contributed by atoms with van der Waals surface area (Å²) in [6.07, 6.45) is 4.99. The lowest BCUT2D eigenvalue weighted by molar-refractivity contribution is 0.578. The third kappa shape index (κ3) is 1.23. The number of nitrogen functional groups attached to an aromatic ring is 1. The van der Waals surface area contributed by atoms with Crippen LogP contribution in [0.15, 0.2) is 6.07 Å². The molecule has 0 saturated carbocycles. The van der Waals surface area contributed by atoms with Gasteiger partial charge in [0.2, 0.25) is 0 Å². The van der Waals surface area contributed by atoms with Crippen molar-refractivity contribution in [3.8, 4) is 0 Å². The third-order valence-electron chi connectivity index (χ3n) is 2.19. The molecular weight excluding hydrogens is 138 g/mol. The maximum Gasteiger partial charge on any atom is 0.145 e. The Bertz CT molecular complexity index is 228. The van der Waals surface area contributed by atoms with Gasteiger partial charge in [-0.15, -0.1) is 0 Å². The smallest absolute Gasteiger partial charge is 0.145 e. The van der Waals surface area contributed by atoms with Crippen molar-refractivity contribution < 1.29 is 0 Å². The second kappa shape index (κ2) is 2.57. The molecule has 0 unspecified atom stereocenters. The van der Waals surface area contributed by atoms with Gasteiger partial charge in [-0.1, -0.05) is 6.42 Å². The number of aryl methyl sites for hydroxylation is 2. The van der Waals surface area contributed by atoms with E-state index in [9.17, 15) is 0 Å². The minimum absolute atomic E-state index is 0.668. The number of nitrogens with two attached hydrogens (primary N) is 1. The summed E-state index contributed by atoms with van der Waals surface area (Å²) >= 11 is 0. The number of nitrogens with zero attached hydrogens (tertiary/aromatic N) is 2. The molecule has 0 radical (unpaired) electrons. The maximum atomic E-state index is 5.58. The predicted octanol–water partition coefficient (Wildman–Crippen LogP) is 1.19. The molecule has 11 heavy (non-hydrogen) atoms. The number of anilines is 1. The lowest BCUT2D eigenvalue weighted by atomic mass is 10.2. The third-order valence-corrected chi connectivity index (χ3v) is 2.19. The van der Waals surface area contributed by atoms with Crippen LogP contribution in [-0.4, -0.2) is 9.78 Å². The summed E-state index contributed by atoms with van der Waals surface area (Å²) in [6.45, 7) is 1.05. The predicted molar refractivity (Wildman–Crippen MR) is 44.2 cm³/mol. The number of rotatable bonds is 0. The van der Waals surface area contributed by atoms with Gasteiger partial charge < -0.3 is 5.73 Å². The fraction of sp³-hybridized carbons (Fsp3) is 0.625. The second-order valence-electron chi connectivity index (χ2n) is 3.09. The average molecular weight is 151 g/mol. The van der Waals surface area contributed by atoms with E-state index in [1.807, 2.05) is 10.7 Å². The van der Waals surface area contributed by atoms with E-state index in [1.165, 1.54) is 25.0 Å². The molecule has 0 atom stereocenters. The van der Waals surface area contributed by atoms with Gasteiger partial charge in [0, 0.05) is 18.3 Å². The van der Waals surface area contributed by atoms with Crippen molar-refractivity contribution >= 4 is 5.82 Å². The van der Waals surface area contributed by atoms with Gasteiger partial charge in [-0.2, -0.15) is 5.10 Å². The molecule has 60 valence electrons. The van der Waals surface area contributed by atoms with Crippen LogP contribution in [0.3, 0.4) is 0 Å². The standard InChI is InChI=1S/C8H13N3/c9-8-6-7-4-2-1-3-5-11(7)10-8/h6H,1-5H2,(H2,9,10). The van der Waals surface area contributed by atoms with Gasteiger partial charge in [-0.25, -0.2) is 0 Å². The molecule has 0 amide bonds. The van der Waals surface area contributed by atoms with Crippen LogP contribution in [0.25, 0.3) is 0 Å². The summed E-state index contributed by atoms with van der Waals surface area (Å²) in [5.74, 6) is 0.668. The minimum atomic E-state index is 0.668. The zero-order valence-corrected chi connectivity index (χ0v) is 6.58. The molecule has 1 aliphatic heterocycles. The Balaban J connectivity index is 2.32. The van der Waals surface area contributed by atoms with Crippen LogP contribution in [-0.2, 0) is 13.0 Å². The first kappa shape index (κ1) is 6.70. The van der Waals surface area contributed by atoms with Crippen molar-refractivity contribution in [2.75, 3.05) is 5.73 Å². The Kier molecular flexibility index (Phi) is 1.56. The van der Waals surface area contributed by atoms with Crippen molar-refractivity contribution in [1.29, 1.82) is 0 Å². The lowest BCUT2D eigenvalue weighted by Crippen LogP contribution is -2.01. The Hall–Kier alpha value is -0.990. The highest BCUT2D eigenvalue weighted by Gasteiger charge is 2.08. The number of aromatic nitrogens is 2. The fourth-order valence-corrected chi connectivity index (χ4v) is 1.62. The van der Waals surface area contributed by atoms with E-state index in [2.05, 4.69) is 5.10 Å². The van der Waals surface area contributed by atoms with Gasteiger partial charge in [0.1, 0.15) is 5.82 Å². The van der Waals surface area contributed by atoms with E-state index in [-0.39, 0.29) is 0 Å². The van der Waals surface area contributed by atoms with Crippen LogP contribution < -0.4 is 5.73 Å². The zero-order valence-electron chi connectivity index (χ0n) is 6.58. The van der Waals surface area contributed by atoms with Gasteiger partial charge >= 0.3 is 0 Å². The van der Waals surface area contributed by atoms with Crippen molar-refractivity contribution in [2.45, 2.75) is 32.2 Å². The molecule has 0 saturated heterocycles. The van der Waals surface area contributed by atoms with E-state index in [0.717, 1.165) is 13.0 Å². The van der Waals surface area contributed by atoms with Crippen molar-refractivity contribution in [3.63, 3.8) is 0 Å². The van der Waals surface area contributed by atoms with Gasteiger partial charge in [-0.05, 0) is 19.3 Å². The average Bonchev–Trinajstić information content (AvgIpc) is 2.17. The first-order chi connectivity index (χ1) is 5.36. The highest BCUT2D eigenvalue weighted by atomic mass is 15.3. The monoisotopic (exact) mass is 151 g/mol. The van der Waals surface area contributed by atoms with Crippen molar-refractivity contribution in [1.82, 2.24) is 9.78 Å². The molecule has 2 rings (SSSR count). The molecule has 0 aromatic carbocycles. The van der Waals surface area contributed by atoms with Crippen LogP contribution in [0.2, 0.25) is 0 Å². The topological polar surface area (TPSA) is 43.8 Å². The van der Waals surface area contributed by atoms with Crippen LogP contribution >= 0.6 is 0 Å². The Labute approximate surface area is 66.2 Å². The van der Waals surface area contributed by atoms with E-state index in [1.54, 1.807) is 0 Å². The fourth-order valence-electron chi connectivity index (χ4n) is 1.62. The number of fused-ring (bicyclic) bond motifs is 1. The summed E-state index contributed by atoms with van der Waals surface area (Å²) < 4.78 is 2.04. The molecule has 0 aliphatic carbocycles. The van der Waals surface area contributed by atoms with Gasteiger partial charge in [0.25, 0.3) is 0 Å². The highest BCUT2D eigenvalue weighted by molar-refractivity contribution is 5.29. The maximum absolute atomic E-state index is 5.58. The quantitative estimate of drug-likeness (QED) is 0.605. The van der Waals surface area contributed by atoms with Gasteiger partial charge in [0.15, 0.2) is 0 Å². The first-order valence-electron chi connectivity index (χ1n) is 4.18. The van der Waals surface area contributed by atoms with Crippen LogP contribution in [0.4, 0.5) is 5.82 Å². The largest absolute Gasteiger partial charge is 0.382 e. The van der Waals surface area contributed by atoms with E-state index >= 15 is 0 Å². The molecule has 2 heterocycles. The molecule has 1 aromatic rings. The first-order valence-corrected chi connectivity index (χ1v) is 4.18. The van der Waals surface area contributed by atoms with Crippen molar-refractivity contribution in [3.05, 3.63) is 11.8 Å². The molecular formula is C8H13N3. The summed E-state index contributed by atoms with van der Waals surface area (Å²) in [5, 5.41) is 4.21. The summed E-state index contributed by atoms with van der Waals surface area (Å²) in [4.78, 5) is 0. The van der Waals surface area contributed by atoms with E-state index in [0.29, 0.717) is 5.82 Å². The van der Waals surface area contributed by atoms with Gasteiger partial charge in [0.05, 0.1) is 0 Å². The normalized spacial score (nSPS) is 17.5. The Morgan fingerprint density at radius 3 is 3.18 bits per heavy atom. The molecule has 0 fully saturated rings. The number of hydrogen-bond donors (Lipinski definition) is 1. The second-order valence-corrected chi connectivity index (χ2v) is 3.09. The zero-order chi connectivity index (χ0) is 7.68. The molecule has 0 bridgehead atoms. The van der Waals surface area contributed by atoms with Crippen molar-refractivity contribution in [2.24, 2.45) is 0 Å².